The molecule has 0 amide bonds. The molecule has 6 heteroatoms. The van der Waals surface area contributed by atoms with Crippen molar-refractivity contribution in [1.29, 1.82) is 0 Å². The topological polar surface area (TPSA) is 54.9 Å². The van der Waals surface area contributed by atoms with Gasteiger partial charge in [-0.15, -0.1) is 6.42 Å². The van der Waals surface area contributed by atoms with E-state index >= 15 is 0 Å². The van der Waals surface area contributed by atoms with E-state index in [-0.39, 0.29) is 25.0 Å². The monoisotopic (exact) mass is 427 g/mol. The smallest absolute Gasteiger partial charge is 0.141 e. The van der Waals surface area contributed by atoms with Crippen LogP contribution in [0.5, 0.6) is 0 Å². The van der Waals surface area contributed by atoms with Crippen molar-refractivity contribution < 1.29 is 13.6 Å². The van der Waals surface area contributed by atoms with E-state index in [1.807, 2.05) is 42.5 Å². The van der Waals surface area contributed by atoms with Gasteiger partial charge in [0.1, 0.15) is 29.6 Å². The molecule has 1 N–H and O–H groups in total. The highest BCUT2D eigenvalue weighted by atomic mass is 19.1. The fraction of sp³-hybridized carbons (Fsp3) is 0.115. The minimum absolute atomic E-state index is 0.0406. The summed E-state index contributed by atoms with van der Waals surface area (Å²) in [7, 11) is 0. The van der Waals surface area contributed by atoms with E-state index in [4.69, 9.17) is 6.42 Å². The lowest BCUT2D eigenvalue weighted by Crippen LogP contribution is -2.06. The van der Waals surface area contributed by atoms with Crippen LogP contribution in [0.1, 0.15) is 23.1 Å². The zero-order valence-corrected chi connectivity index (χ0v) is 17.1. The Bertz CT molecular complexity index is 1340. The van der Waals surface area contributed by atoms with Crippen LogP contribution in [-0.4, -0.2) is 15.8 Å². The lowest BCUT2D eigenvalue weighted by molar-refractivity contribution is -0.118. The lowest BCUT2D eigenvalue weighted by atomic mass is 10.0. The molecule has 0 aliphatic heterocycles. The molecule has 0 unspecified atom stereocenters. The quantitative estimate of drug-likeness (QED) is 0.403. The Hall–Kier alpha value is -4.11. The second kappa shape index (κ2) is 9.36. The molecule has 0 bridgehead atoms. The number of nitrogens with one attached hydrogen (secondary N) is 1. The van der Waals surface area contributed by atoms with Crippen LogP contribution < -0.4 is 5.32 Å². The van der Waals surface area contributed by atoms with E-state index in [0.717, 1.165) is 33.8 Å². The van der Waals surface area contributed by atoms with Gasteiger partial charge in [0, 0.05) is 35.5 Å². The number of carbonyl (C=O) groups is 1. The lowest BCUT2D eigenvalue weighted by Gasteiger charge is -2.10. The largest absolute Gasteiger partial charge is 0.340 e. The van der Waals surface area contributed by atoms with Crippen molar-refractivity contribution in [3.8, 4) is 12.3 Å². The highest BCUT2D eigenvalue weighted by Gasteiger charge is 2.11. The first kappa shape index (κ1) is 21.1. The van der Waals surface area contributed by atoms with Gasteiger partial charge in [-0.1, -0.05) is 24.1 Å². The van der Waals surface area contributed by atoms with Gasteiger partial charge in [-0.05, 0) is 53.9 Å². The van der Waals surface area contributed by atoms with E-state index < -0.39 is 11.6 Å². The van der Waals surface area contributed by atoms with E-state index in [1.165, 1.54) is 18.5 Å². The Balaban J connectivity index is 1.50. The van der Waals surface area contributed by atoms with Gasteiger partial charge < -0.3 is 5.32 Å². The second-order valence-electron chi connectivity index (χ2n) is 7.38. The fourth-order valence-corrected chi connectivity index (χ4v) is 3.45. The van der Waals surface area contributed by atoms with Gasteiger partial charge in [-0.3, -0.25) is 4.79 Å². The van der Waals surface area contributed by atoms with E-state index in [2.05, 4.69) is 21.2 Å². The highest BCUT2D eigenvalue weighted by molar-refractivity contribution is 5.92. The van der Waals surface area contributed by atoms with Crippen molar-refractivity contribution in [2.75, 3.05) is 5.32 Å². The summed E-state index contributed by atoms with van der Waals surface area (Å²) in [4.78, 5) is 21.1. The standard InChI is InChI=1S/C26H19F2N3O/c1-2-17-4-3-5-21(12-17)31-26-23-14-18(6-11-25(23)29-16-30-26)13-22(32)10-8-19-7-9-20(27)15-24(19)28/h1,3-7,9,11-12,14-16H,8,10,13H2,(H,29,30,31). The van der Waals surface area contributed by atoms with Gasteiger partial charge in [0.25, 0.3) is 0 Å². The molecule has 1 aromatic heterocycles. The molecule has 4 aromatic rings. The Morgan fingerprint density at radius 2 is 1.91 bits per heavy atom. The number of Topliss-reactive ketones (excluding diaryl/α,β-unsaturated/α-hetero) is 1. The van der Waals surface area contributed by atoms with Crippen molar-refractivity contribution in [3.63, 3.8) is 0 Å². The summed E-state index contributed by atoms with van der Waals surface area (Å²) in [6, 6.07) is 16.4. The van der Waals surface area contributed by atoms with Gasteiger partial charge in [0.15, 0.2) is 0 Å². The molecule has 158 valence electrons. The zero-order chi connectivity index (χ0) is 22.5. The molecular weight excluding hydrogens is 408 g/mol. The minimum atomic E-state index is -0.634. The number of hydrogen-bond acceptors (Lipinski definition) is 4. The molecule has 3 aromatic carbocycles. The van der Waals surface area contributed by atoms with Crippen LogP contribution >= 0.6 is 0 Å². The molecule has 4 rings (SSSR count). The number of aryl methyl sites for hydroxylation is 1. The predicted octanol–water partition coefficient (Wildman–Crippen LogP) is 5.38. The van der Waals surface area contributed by atoms with Crippen LogP contribution in [0, 0.1) is 24.0 Å². The summed E-state index contributed by atoms with van der Waals surface area (Å²) in [5.74, 6) is 1.89. The third-order valence-electron chi connectivity index (χ3n) is 5.08. The Labute approximate surface area is 184 Å². The predicted molar refractivity (Wildman–Crippen MR) is 121 cm³/mol. The molecule has 32 heavy (non-hydrogen) atoms. The third-order valence-corrected chi connectivity index (χ3v) is 5.08. The molecule has 0 radical (unpaired) electrons. The number of rotatable bonds is 7. The van der Waals surface area contributed by atoms with Gasteiger partial charge >= 0.3 is 0 Å². The first-order valence-corrected chi connectivity index (χ1v) is 10.0. The number of hydrogen-bond donors (Lipinski definition) is 1. The Kier molecular flexibility index (Phi) is 6.18. The molecule has 0 saturated heterocycles. The van der Waals surface area contributed by atoms with Crippen LogP contribution in [-0.2, 0) is 17.6 Å². The van der Waals surface area contributed by atoms with Gasteiger partial charge in [-0.2, -0.15) is 0 Å². The molecule has 4 nitrogen and oxygen atoms in total. The summed E-state index contributed by atoms with van der Waals surface area (Å²) in [5, 5.41) is 4.03. The maximum atomic E-state index is 13.8. The highest BCUT2D eigenvalue weighted by Crippen LogP contribution is 2.25. The summed E-state index contributed by atoms with van der Waals surface area (Å²) in [6.45, 7) is 0. The Morgan fingerprint density at radius 3 is 2.72 bits per heavy atom. The van der Waals surface area contributed by atoms with E-state index in [9.17, 15) is 13.6 Å². The van der Waals surface area contributed by atoms with Crippen LogP contribution in [0.25, 0.3) is 10.9 Å². The SMILES string of the molecule is C#Cc1cccc(Nc2ncnc3ccc(CC(=O)CCc4ccc(F)cc4F)cc23)c1. The zero-order valence-electron chi connectivity index (χ0n) is 17.1. The number of aromatic nitrogens is 2. The number of fused-ring (bicyclic) bond motifs is 1. The molecule has 0 saturated carbocycles. The number of carbonyl (C=O) groups excluding carboxylic acids is 1. The number of terminal acetylenes is 1. The molecule has 0 atom stereocenters. The van der Waals surface area contributed by atoms with E-state index in [0.29, 0.717) is 11.4 Å². The van der Waals surface area contributed by atoms with Crippen molar-refractivity contribution >= 4 is 28.2 Å². The van der Waals surface area contributed by atoms with Gasteiger partial charge in [0.05, 0.1) is 5.52 Å². The average molecular weight is 427 g/mol. The fourth-order valence-electron chi connectivity index (χ4n) is 3.45. The molecule has 0 fully saturated rings. The minimum Gasteiger partial charge on any atom is -0.340 e. The number of ketones is 1. The van der Waals surface area contributed by atoms with Crippen molar-refractivity contribution in [1.82, 2.24) is 9.97 Å². The number of nitrogens with zero attached hydrogens (tertiary/aromatic N) is 2. The maximum absolute atomic E-state index is 13.8. The molecule has 0 aliphatic rings. The first-order valence-electron chi connectivity index (χ1n) is 10.0. The number of halogens is 2. The molecule has 1 heterocycles. The third kappa shape index (κ3) is 4.96. The Morgan fingerprint density at radius 1 is 1.03 bits per heavy atom. The first-order chi connectivity index (χ1) is 15.5. The number of anilines is 2. The van der Waals surface area contributed by atoms with Crippen molar-refractivity contribution in [3.05, 3.63) is 95.3 Å². The maximum Gasteiger partial charge on any atom is 0.141 e. The van der Waals surface area contributed by atoms with E-state index in [1.54, 1.807) is 0 Å². The van der Waals surface area contributed by atoms with Gasteiger partial charge in [-0.25, -0.2) is 18.7 Å². The van der Waals surface area contributed by atoms with Crippen LogP contribution in [0.4, 0.5) is 20.3 Å². The number of benzene rings is 3. The summed E-state index contributed by atoms with van der Waals surface area (Å²) in [6.07, 6.45) is 7.52. The van der Waals surface area contributed by atoms with Crippen molar-refractivity contribution in [2.24, 2.45) is 0 Å². The van der Waals surface area contributed by atoms with Crippen LogP contribution in [0.2, 0.25) is 0 Å². The molecule has 0 spiro atoms. The van der Waals surface area contributed by atoms with Crippen LogP contribution in [0.15, 0.2) is 67.0 Å². The summed E-state index contributed by atoms with van der Waals surface area (Å²) >= 11 is 0. The molecular formula is C26H19F2N3O. The summed E-state index contributed by atoms with van der Waals surface area (Å²) < 4.78 is 26.8. The van der Waals surface area contributed by atoms with Crippen LogP contribution in [0.3, 0.4) is 0 Å². The van der Waals surface area contributed by atoms with Gasteiger partial charge in [0.2, 0.25) is 0 Å². The molecule has 0 aliphatic carbocycles. The average Bonchev–Trinajstić information content (AvgIpc) is 2.79. The summed E-state index contributed by atoms with van der Waals surface area (Å²) in [5.41, 5.74) is 3.41. The van der Waals surface area contributed by atoms with Crippen molar-refractivity contribution in [2.45, 2.75) is 19.3 Å². The second-order valence-corrected chi connectivity index (χ2v) is 7.38. The normalized spacial score (nSPS) is 10.7.